The fourth-order valence-electron chi connectivity index (χ4n) is 1.96. The highest BCUT2D eigenvalue weighted by Gasteiger charge is 2.13. The standard InChI is InChI=1S/C16H15BrN4O4/c1-10-3-2-4-12(5-10)18-9-15(22)20-19-8-11-6-13(21(24)25)7-14(17)16(11)23/h2-8,18,23H,9H2,1H3,(H,20,22)/b19-8-. The van der Waals surface area contributed by atoms with Crippen LogP contribution >= 0.6 is 15.9 Å². The molecular weight excluding hydrogens is 392 g/mol. The number of carbonyl (C=O) groups is 1. The Morgan fingerprint density at radius 3 is 2.84 bits per heavy atom. The first kappa shape index (κ1) is 18.4. The second kappa shape index (κ2) is 8.25. The van der Waals surface area contributed by atoms with Gasteiger partial charge in [0.25, 0.3) is 11.6 Å². The van der Waals surface area contributed by atoms with E-state index in [4.69, 9.17) is 0 Å². The van der Waals surface area contributed by atoms with Crippen LogP contribution in [0.2, 0.25) is 0 Å². The molecular formula is C16H15BrN4O4. The van der Waals surface area contributed by atoms with Gasteiger partial charge in [-0.2, -0.15) is 5.10 Å². The highest BCUT2D eigenvalue weighted by molar-refractivity contribution is 9.10. The first-order valence-corrected chi connectivity index (χ1v) is 7.95. The van der Waals surface area contributed by atoms with Gasteiger partial charge >= 0.3 is 0 Å². The van der Waals surface area contributed by atoms with E-state index in [2.05, 4.69) is 31.8 Å². The summed E-state index contributed by atoms with van der Waals surface area (Å²) in [7, 11) is 0. The minimum atomic E-state index is -0.591. The SMILES string of the molecule is Cc1cccc(NCC(=O)N/N=C\c2cc([N+](=O)[O-])cc(Br)c2O)c1. The number of nitro benzene ring substituents is 1. The molecule has 3 N–H and O–H groups in total. The molecule has 130 valence electrons. The van der Waals surface area contributed by atoms with Gasteiger partial charge in [0.05, 0.1) is 22.2 Å². The number of hydrogen-bond acceptors (Lipinski definition) is 6. The minimum Gasteiger partial charge on any atom is -0.506 e. The second-order valence-corrected chi connectivity index (χ2v) is 5.99. The lowest BCUT2D eigenvalue weighted by molar-refractivity contribution is -0.385. The molecule has 0 aliphatic heterocycles. The lowest BCUT2D eigenvalue weighted by Crippen LogP contribution is -2.25. The van der Waals surface area contributed by atoms with Crippen molar-refractivity contribution < 1.29 is 14.8 Å². The first-order chi connectivity index (χ1) is 11.9. The van der Waals surface area contributed by atoms with Crippen LogP contribution in [0.25, 0.3) is 0 Å². The minimum absolute atomic E-state index is 0.00536. The van der Waals surface area contributed by atoms with Gasteiger partial charge in [0.2, 0.25) is 0 Å². The van der Waals surface area contributed by atoms with Gasteiger partial charge in [-0.3, -0.25) is 14.9 Å². The number of nitrogens with one attached hydrogen (secondary N) is 2. The van der Waals surface area contributed by atoms with Crippen molar-refractivity contribution in [2.45, 2.75) is 6.92 Å². The lowest BCUT2D eigenvalue weighted by Gasteiger charge is -2.06. The molecule has 0 saturated carbocycles. The number of anilines is 1. The number of hydrazone groups is 1. The molecule has 0 aromatic heterocycles. The van der Waals surface area contributed by atoms with Crippen LogP contribution in [0.4, 0.5) is 11.4 Å². The smallest absolute Gasteiger partial charge is 0.271 e. The predicted molar refractivity (Wildman–Crippen MR) is 97.9 cm³/mol. The molecule has 2 rings (SSSR count). The topological polar surface area (TPSA) is 117 Å². The van der Waals surface area contributed by atoms with E-state index in [1.807, 2.05) is 31.2 Å². The summed E-state index contributed by atoms with van der Waals surface area (Å²) in [5, 5.41) is 27.3. The molecule has 1 amide bonds. The average molecular weight is 407 g/mol. The quantitative estimate of drug-likeness (QED) is 0.387. The number of carbonyl (C=O) groups excluding carboxylic acids is 1. The zero-order valence-electron chi connectivity index (χ0n) is 13.2. The van der Waals surface area contributed by atoms with Crippen LogP contribution in [-0.4, -0.2) is 28.7 Å². The maximum Gasteiger partial charge on any atom is 0.271 e. The third-order valence-corrected chi connectivity index (χ3v) is 3.76. The number of nitrogens with zero attached hydrogens (tertiary/aromatic N) is 2. The van der Waals surface area contributed by atoms with Gasteiger partial charge in [0.1, 0.15) is 5.75 Å². The lowest BCUT2D eigenvalue weighted by atomic mass is 10.2. The third-order valence-electron chi connectivity index (χ3n) is 3.15. The Morgan fingerprint density at radius 1 is 1.40 bits per heavy atom. The first-order valence-electron chi connectivity index (χ1n) is 7.16. The number of non-ortho nitro benzene ring substituents is 1. The molecule has 0 saturated heterocycles. The molecule has 0 atom stereocenters. The maximum atomic E-state index is 11.8. The van der Waals surface area contributed by atoms with Crippen LogP contribution in [0, 0.1) is 17.0 Å². The normalized spacial score (nSPS) is 10.6. The fraction of sp³-hybridized carbons (Fsp3) is 0.125. The van der Waals surface area contributed by atoms with E-state index in [1.165, 1.54) is 6.07 Å². The number of benzene rings is 2. The van der Waals surface area contributed by atoms with E-state index >= 15 is 0 Å². The van der Waals surface area contributed by atoms with E-state index in [0.29, 0.717) is 0 Å². The van der Waals surface area contributed by atoms with Gasteiger partial charge in [-0.15, -0.1) is 0 Å². The molecule has 0 unspecified atom stereocenters. The van der Waals surface area contributed by atoms with Gasteiger partial charge < -0.3 is 10.4 Å². The zero-order chi connectivity index (χ0) is 18.4. The number of amides is 1. The Labute approximate surface area is 151 Å². The summed E-state index contributed by atoms with van der Waals surface area (Å²) >= 11 is 3.03. The zero-order valence-corrected chi connectivity index (χ0v) is 14.8. The fourth-order valence-corrected chi connectivity index (χ4v) is 2.42. The Balaban J connectivity index is 1.96. The molecule has 25 heavy (non-hydrogen) atoms. The summed E-state index contributed by atoms with van der Waals surface area (Å²) in [4.78, 5) is 22.0. The number of nitro groups is 1. The summed E-state index contributed by atoms with van der Waals surface area (Å²) in [5.74, 6) is -0.608. The summed E-state index contributed by atoms with van der Waals surface area (Å²) < 4.78 is 0.163. The number of phenols is 1. The van der Waals surface area contributed by atoms with Gasteiger partial charge in [-0.05, 0) is 40.5 Å². The van der Waals surface area contributed by atoms with E-state index in [9.17, 15) is 20.0 Å². The summed E-state index contributed by atoms with van der Waals surface area (Å²) in [6, 6.07) is 9.88. The largest absolute Gasteiger partial charge is 0.506 e. The molecule has 0 bridgehead atoms. The van der Waals surface area contributed by atoms with Crippen molar-refractivity contribution in [2.24, 2.45) is 5.10 Å². The number of aryl methyl sites for hydroxylation is 1. The Morgan fingerprint density at radius 2 is 2.16 bits per heavy atom. The third kappa shape index (κ3) is 5.28. The van der Waals surface area contributed by atoms with E-state index in [0.717, 1.165) is 23.5 Å². The number of phenolic OH excluding ortho intramolecular Hbond substituents is 1. The summed E-state index contributed by atoms with van der Waals surface area (Å²) in [6.45, 7) is 1.95. The molecule has 0 radical (unpaired) electrons. The number of hydrogen-bond donors (Lipinski definition) is 3. The van der Waals surface area contributed by atoms with Gasteiger partial charge in [0, 0.05) is 23.4 Å². The molecule has 0 spiro atoms. The Kier molecular flexibility index (Phi) is 6.07. The summed E-state index contributed by atoms with van der Waals surface area (Å²) in [6.07, 6.45) is 1.14. The maximum absolute atomic E-state index is 11.8. The molecule has 0 aliphatic carbocycles. The van der Waals surface area contributed by atoms with Crippen molar-refractivity contribution >= 4 is 39.4 Å². The van der Waals surface area contributed by atoms with Crippen LogP contribution in [0.3, 0.4) is 0 Å². The van der Waals surface area contributed by atoms with Crippen molar-refractivity contribution in [3.63, 3.8) is 0 Å². The monoisotopic (exact) mass is 406 g/mol. The van der Waals surface area contributed by atoms with Crippen LogP contribution in [0.15, 0.2) is 46.0 Å². The van der Waals surface area contributed by atoms with Crippen LogP contribution in [-0.2, 0) is 4.79 Å². The molecule has 9 heteroatoms. The van der Waals surface area contributed by atoms with Crippen molar-refractivity contribution in [2.75, 3.05) is 11.9 Å². The highest BCUT2D eigenvalue weighted by atomic mass is 79.9. The summed E-state index contributed by atoms with van der Waals surface area (Å²) in [5.41, 5.74) is 4.05. The second-order valence-electron chi connectivity index (χ2n) is 5.14. The van der Waals surface area contributed by atoms with Gasteiger partial charge in [-0.25, -0.2) is 5.43 Å². The van der Waals surface area contributed by atoms with Crippen molar-refractivity contribution in [1.29, 1.82) is 0 Å². The van der Waals surface area contributed by atoms with Crippen molar-refractivity contribution in [3.8, 4) is 5.75 Å². The Hall–Kier alpha value is -2.94. The number of halogens is 1. The highest BCUT2D eigenvalue weighted by Crippen LogP contribution is 2.31. The Bertz CT molecular complexity index is 839. The molecule has 0 heterocycles. The number of aromatic hydroxyl groups is 1. The van der Waals surface area contributed by atoms with Crippen molar-refractivity contribution in [3.05, 3.63) is 62.1 Å². The molecule has 2 aromatic rings. The van der Waals surface area contributed by atoms with Crippen molar-refractivity contribution in [1.82, 2.24) is 5.43 Å². The van der Waals surface area contributed by atoms with E-state index < -0.39 is 10.8 Å². The van der Waals surface area contributed by atoms with Crippen LogP contribution in [0.1, 0.15) is 11.1 Å². The van der Waals surface area contributed by atoms with Gasteiger partial charge in [0.15, 0.2) is 0 Å². The van der Waals surface area contributed by atoms with E-state index in [-0.39, 0.29) is 28.0 Å². The molecule has 8 nitrogen and oxygen atoms in total. The molecule has 2 aromatic carbocycles. The van der Waals surface area contributed by atoms with Gasteiger partial charge in [-0.1, -0.05) is 12.1 Å². The van der Waals surface area contributed by atoms with Crippen LogP contribution < -0.4 is 10.7 Å². The molecule has 0 fully saturated rings. The average Bonchev–Trinajstić information content (AvgIpc) is 2.56. The van der Waals surface area contributed by atoms with Crippen LogP contribution in [0.5, 0.6) is 5.75 Å². The number of rotatable bonds is 6. The molecule has 0 aliphatic rings. The predicted octanol–water partition coefficient (Wildman–Crippen LogP) is 2.93. The van der Waals surface area contributed by atoms with E-state index in [1.54, 1.807) is 0 Å².